The summed E-state index contributed by atoms with van der Waals surface area (Å²) in [5.41, 5.74) is 5.70. The maximum atomic E-state index is 11.7. The number of carboxylic acid groups (broad SMARTS) is 1. The van der Waals surface area contributed by atoms with E-state index in [0.29, 0.717) is 35.0 Å². The van der Waals surface area contributed by atoms with Gasteiger partial charge in [-0.3, -0.25) is 0 Å². The molecule has 3 N–H and O–H groups in total. The number of hydrogen-bond acceptors (Lipinski definition) is 5. The van der Waals surface area contributed by atoms with E-state index in [9.17, 15) is 20.1 Å². The van der Waals surface area contributed by atoms with Crippen molar-refractivity contribution in [2.24, 2.45) is 11.8 Å². The minimum absolute atomic E-state index is 0.00581. The molecule has 0 saturated carbocycles. The summed E-state index contributed by atoms with van der Waals surface area (Å²) in [5.74, 6) is 1.71. The van der Waals surface area contributed by atoms with Gasteiger partial charge < -0.3 is 24.8 Å². The van der Waals surface area contributed by atoms with Crippen molar-refractivity contribution < 1.29 is 29.6 Å². The van der Waals surface area contributed by atoms with E-state index in [1.54, 1.807) is 0 Å². The van der Waals surface area contributed by atoms with Gasteiger partial charge in [0.25, 0.3) is 0 Å². The number of carbonyl (C=O) groups is 1. The Morgan fingerprint density at radius 1 is 0.800 bits per heavy atom. The smallest absolute Gasteiger partial charge is 0.339 e. The van der Waals surface area contributed by atoms with Crippen molar-refractivity contribution in [2.75, 3.05) is 0 Å². The minimum atomic E-state index is -1.07. The van der Waals surface area contributed by atoms with E-state index in [1.807, 2.05) is 19.1 Å². The molecule has 2 aromatic carbocycles. The Balaban J connectivity index is 0.000000179. The zero-order valence-corrected chi connectivity index (χ0v) is 28.4. The Hall–Kier alpha value is -3.41. The first-order chi connectivity index (χ1) is 21.2. The average molecular weight is 617 g/mol. The highest BCUT2D eigenvalue weighted by Crippen LogP contribution is 2.55. The van der Waals surface area contributed by atoms with Crippen LogP contribution < -0.4 is 9.47 Å². The summed E-state index contributed by atoms with van der Waals surface area (Å²) in [6.45, 7) is 17.0. The fourth-order valence-corrected chi connectivity index (χ4v) is 8.33. The summed E-state index contributed by atoms with van der Waals surface area (Å²) in [7, 11) is 0. The third kappa shape index (κ3) is 6.22. The molecule has 0 fully saturated rings. The number of rotatable bonds is 5. The van der Waals surface area contributed by atoms with Gasteiger partial charge in [-0.15, -0.1) is 0 Å². The number of hydrogen-bond donors (Lipinski definition) is 3. The second kappa shape index (κ2) is 12.4. The summed E-state index contributed by atoms with van der Waals surface area (Å²) in [6.07, 6.45) is 12.3. The molecule has 0 spiro atoms. The van der Waals surface area contributed by atoms with Crippen molar-refractivity contribution in [1.82, 2.24) is 0 Å². The van der Waals surface area contributed by atoms with Gasteiger partial charge in [0.15, 0.2) is 0 Å². The number of aromatic hydroxyl groups is 2. The third-order valence-corrected chi connectivity index (χ3v) is 10.5. The molecule has 244 valence electrons. The van der Waals surface area contributed by atoms with Crippen LogP contribution in [0.5, 0.6) is 23.0 Å². The van der Waals surface area contributed by atoms with Gasteiger partial charge in [0.05, 0.1) is 0 Å². The topological polar surface area (TPSA) is 96.2 Å². The maximum absolute atomic E-state index is 11.7. The summed E-state index contributed by atoms with van der Waals surface area (Å²) >= 11 is 0. The van der Waals surface area contributed by atoms with E-state index in [-0.39, 0.29) is 40.3 Å². The lowest BCUT2D eigenvalue weighted by Gasteiger charge is -2.46. The molecule has 0 radical (unpaired) electrons. The summed E-state index contributed by atoms with van der Waals surface area (Å²) in [6, 6.07) is 5.89. The number of phenolic OH excluding ortho intramolecular Hbond substituents is 1. The van der Waals surface area contributed by atoms with Crippen LogP contribution in [0.15, 0.2) is 41.5 Å². The normalized spacial score (nSPS) is 25.3. The molecule has 6 rings (SSSR count). The van der Waals surface area contributed by atoms with Crippen molar-refractivity contribution in [3.05, 3.63) is 69.3 Å². The third-order valence-electron chi connectivity index (χ3n) is 10.5. The molecule has 6 heteroatoms. The van der Waals surface area contributed by atoms with Gasteiger partial charge in [-0.05, 0) is 109 Å². The van der Waals surface area contributed by atoms with Crippen molar-refractivity contribution in [1.29, 1.82) is 0 Å². The second-order valence-electron chi connectivity index (χ2n) is 14.8. The molecule has 0 unspecified atom stereocenters. The standard InChI is InChI=1S/C20H26O4.C19H26O2/c1-5-6-12-10-15-17(18(21)16(12)19(22)23)13-9-11(2)7-8-14(13)20(3,4)24-15;1-5-6-13-10-16(20)18-14-9-12(2)7-8-15(14)19(3,4)21-17(18)11-13/h9-10,13-14,21H,5-8H2,1-4H3,(H,22,23);9-11,14-15,20H,5-8H2,1-4H3/t13-,14-;14-,15-/m11/s1. The summed E-state index contributed by atoms with van der Waals surface area (Å²) in [4.78, 5) is 11.7. The van der Waals surface area contributed by atoms with Gasteiger partial charge in [0.2, 0.25) is 0 Å². The highest BCUT2D eigenvalue weighted by Gasteiger charge is 2.47. The fourth-order valence-electron chi connectivity index (χ4n) is 8.33. The Labute approximate surface area is 269 Å². The van der Waals surface area contributed by atoms with Crippen LogP contribution in [0.2, 0.25) is 0 Å². The van der Waals surface area contributed by atoms with Gasteiger partial charge in [-0.25, -0.2) is 4.79 Å². The number of benzene rings is 2. The lowest BCUT2D eigenvalue weighted by molar-refractivity contribution is 0.0103. The van der Waals surface area contributed by atoms with Crippen LogP contribution in [-0.4, -0.2) is 32.5 Å². The van der Waals surface area contributed by atoms with E-state index in [4.69, 9.17) is 9.47 Å². The van der Waals surface area contributed by atoms with Crippen LogP contribution in [0.1, 0.15) is 138 Å². The van der Waals surface area contributed by atoms with Gasteiger partial charge in [-0.1, -0.05) is 50.0 Å². The predicted octanol–water partition coefficient (Wildman–Crippen LogP) is 9.61. The molecule has 2 aliphatic carbocycles. The number of carboxylic acids is 1. The monoisotopic (exact) mass is 616 g/mol. The van der Waals surface area contributed by atoms with E-state index >= 15 is 0 Å². The van der Waals surface area contributed by atoms with Gasteiger partial charge in [0.1, 0.15) is 39.8 Å². The average Bonchev–Trinajstić information content (AvgIpc) is 2.92. The molecule has 2 heterocycles. The highest BCUT2D eigenvalue weighted by molar-refractivity contribution is 5.94. The number of ether oxygens (including phenoxy) is 2. The Kier molecular flexibility index (Phi) is 9.09. The second-order valence-corrected chi connectivity index (χ2v) is 14.8. The van der Waals surface area contributed by atoms with Crippen LogP contribution >= 0.6 is 0 Å². The zero-order valence-electron chi connectivity index (χ0n) is 28.4. The molecule has 6 nitrogen and oxygen atoms in total. The number of aryl methyl sites for hydroxylation is 2. The molecular weight excluding hydrogens is 564 g/mol. The molecule has 0 bridgehead atoms. The quantitative estimate of drug-likeness (QED) is 0.290. The largest absolute Gasteiger partial charge is 0.507 e. The van der Waals surface area contributed by atoms with Gasteiger partial charge in [-0.2, -0.15) is 0 Å². The van der Waals surface area contributed by atoms with Gasteiger partial charge in [0, 0.05) is 34.8 Å². The predicted molar refractivity (Wildman–Crippen MR) is 179 cm³/mol. The zero-order chi connectivity index (χ0) is 32.8. The van der Waals surface area contributed by atoms with Crippen LogP contribution in [0.4, 0.5) is 0 Å². The van der Waals surface area contributed by atoms with Crippen LogP contribution in [0, 0.1) is 11.8 Å². The molecule has 2 aromatic rings. The molecule has 2 aliphatic heterocycles. The molecule has 0 amide bonds. The summed E-state index contributed by atoms with van der Waals surface area (Å²) in [5, 5.41) is 31.0. The first-order valence-corrected chi connectivity index (χ1v) is 16.9. The maximum Gasteiger partial charge on any atom is 0.339 e. The van der Waals surface area contributed by atoms with Crippen LogP contribution in [0.3, 0.4) is 0 Å². The fraction of sp³-hybridized carbons (Fsp3) is 0.564. The van der Waals surface area contributed by atoms with E-state index in [1.165, 1.54) is 16.7 Å². The Morgan fingerprint density at radius 2 is 1.31 bits per heavy atom. The van der Waals surface area contributed by atoms with E-state index in [2.05, 4.69) is 66.7 Å². The first kappa shape index (κ1) is 33.0. The molecule has 0 saturated heterocycles. The molecule has 4 aliphatic rings. The van der Waals surface area contributed by atoms with E-state index < -0.39 is 5.97 Å². The number of aromatic carboxylic acids is 1. The lowest BCUT2D eigenvalue weighted by Crippen LogP contribution is -2.45. The Morgan fingerprint density at radius 3 is 1.82 bits per heavy atom. The Bertz CT molecular complexity index is 1530. The van der Waals surface area contributed by atoms with Crippen molar-refractivity contribution >= 4 is 5.97 Å². The number of fused-ring (bicyclic) bond motifs is 6. The number of allylic oxidation sites excluding steroid dienone is 4. The molecule has 4 atom stereocenters. The molecule has 45 heavy (non-hydrogen) atoms. The molecule has 0 aromatic heterocycles. The van der Waals surface area contributed by atoms with E-state index in [0.717, 1.165) is 56.3 Å². The lowest BCUT2D eigenvalue weighted by atomic mass is 9.67. The number of phenols is 2. The van der Waals surface area contributed by atoms with Crippen molar-refractivity contribution in [3.63, 3.8) is 0 Å². The SMILES string of the molecule is CCCc1cc(O)c2c(c1)OC(C)(C)[C@@H]1CCC(C)=C[C@@H]21.CCCc1cc2c(c(O)c1C(=O)O)[C@@H]1C=C(C)CC[C@H]1C(C)(C)O2. The van der Waals surface area contributed by atoms with Crippen LogP contribution in [0.25, 0.3) is 0 Å². The minimum Gasteiger partial charge on any atom is -0.507 e. The molecular formula is C39H52O6. The van der Waals surface area contributed by atoms with Gasteiger partial charge >= 0.3 is 5.97 Å². The highest BCUT2D eigenvalue weighted by atomic mass is 16.5. The summed E-state index contributed by atoms with van der Waals surface area (Å²) < 4.78 is 12.5. The van der Waals surface area contributed by atoms with Crippen LogP contribution in [-0.2, 0) is 12.8 Å². The first-order valence-electron chi connectivity index (χ1n) is 16.9. The van der Waals surface area contributed by atoms with Crippen molar-refractivity contribution in [2.45, 2.75) is 130 Å². The van der Waals surface area contributed by atoms with Crippen molar-refractivity contribution in [3.8, 4) is 23.0 Å².